The number of hydrazine groups is 2. The van der Waals surface area contributed by atoms with Crippen LogP contribution in [0.2, 0.25) is 0 Å². The second-order valence-electron chi connectivity index (χ2n) is 1.53. The molecule has 1 atom stereocenters. The zero-order valence-electron chi connectivity index (χ0n) is 5.23. The molecule has 0 saturated carbocycles. The van der Waals surface area contributed by atoms with Crippen molar-refractivity contribution in [3.63, 3.8) is 0 Å². The Morgan fingerprint density at radius 2 is 2.00 bits per heavy atom. The first-order chi connectivity index (χ1) is 4.09. The molecule has 0 heterocycles. The Hall–Kier alpha value is -0.400. The van der Waals surface area contributed by atoms with Gasteiger partial charge in [0.2, 0.25) is 0 Å². The molecule has 7 heteroatoms. The van der Waals surface area contributed by atoms with E-state index in [1.165, 1.54) is 0 Å². The second-order valence-corrected chi connectivity index (χ2v) is 1.53. The van der Waals surface area contributed by atoms with Crippen molar-refractivity contribution in [1.29, 1.82) is 0 Å². The van der Waals surface area contributed by atoms with Crippen molar-refractivity contribution >= 4 is 18.3 Å². The summed E-state index contributed by atoms with van der Waals surface area (Å²) >= 11 is 0. The minimum atomic E-state index is -1.01. The van der Waals surface area contributed by atoms with Gasteiger partial charge in [-0.15, -0.1) is 12.4 Å². The number of halogens is 1. The van der Waals surface area contributed by atoms with E-state index >= 15 is 0 Å². The predicted molar refractivity (Wildman–Crippen MR) is 37.5 cm³/mol. The van der Waals surface area contributed by atoms with Crippen molar-refractivity contribution in [3.8, 4) is 0 Å². The second kappa shape index (κ2) is 5.39. The molecule has 10 heavy (non-hydrogen) atoms. The third-order valence-corrected chi connectivity index (χ3v) is 0.768. The number of amides is 1. The van der Waals surface area contributed by atoms with Gasteiger partial charge in [-0.05, 0) is 0 Å². The lowest BCUT2D eigenvalue weighted by Crippen LogP contribution is -2.52. The van der Waals surface area contributed by atoms with Gasteiger partial charge in [0.15, 0.2) is 0 Å². The average Bonchev–Trinajstić information content (AvgIpc) is 1.84. The number of nitrogens with two attached hydrogens (primary N) is 3. The molecule has 0 aromatic heterocycles. The molecule has 0 aliphatic heterocycles. The lowest BCUT2D eigenvalue weighted by atomic mass is 10.3. The van der Waals surface area contributed by atoms with Crippen molar-refractivity contribution in [2.75, 3.05) is 6.61 Å². The van der Waals surface area contributed by atoms with E-state index in [1.807, 2.05) is 0 Å². The van der Waals surface area contributed by atoms with Gasteiger partial charge in [0.25, 0.3) is 5.91 Å². The molecule has 62 valence electrons. The molecule has 0 aliphatic rings. The highest BCUT2D eigenvalue weighted by Crippen LogP contribution is 1.77. The van der Waals surface area contributed by atoms with Crippen LogP contribution in [0.4, 0.5) is 0 Å². The first kappa shape index (κ1) is 12.3. The third kappa shape index (κ3) is 3.59. The quantitative estimate of drug-likeness (QED) is 0.204. The Labute approximate surface area is 64.3 Å². The van der Waals surface area contributed by atoms with Crippen LogP contribution in [-0.4, -0.2) is 28.8 Å². The molecule has 0 unspecified atom stereocenters. The van der Waals surface area contributed by atoms with E-state index < -0.39 is 18.6 Å². The van der Waals surface area contributed by atoms with Crippen LogP contribution in [0.1, 0.15) is 0 Å². The maximum Gasteiger partial charge on any atom is 0.270 e. The van der Waals surface area contributed by atoms with Crippen LogP contribution in [0.3, 0.4) is 0 Å². The van der Waals surface area contributed by atoms with Gasteiger partial charge in [0, 0.05) is 0 Å². The summed E-state index contributed by atoms with van der Waals surface area (Å²) in [4.78, 5) is 10.5. The highest BCUT2D eigenvalue weighted by molar-refractivity contribution is 5.85. The van der Waals surface area contributed by atoms with Gasteiger partial charge in [-0.25, -0.2) is 16.8 Å². The summed E-state index contributed by atoms with van der Waals surface area (Å²) in [5.41, 5.74) is 5.02. The van der Waals surface area contributed by atoms with Crippen LogP contribution in [0, 0.1) is 0 Å². The van der Waals surface area contributed by atoms with Gasteiger partial charge in [-0.1, -0.05) is 0 Å². The summed E-state index contributed by atoms with van der Waals surface area (Å²) in [5.74, 6) is 8.87. The summed E-state index contributed by atoms with van der Waals surface area (Å²) in [6.07, 6.45) is 0. The van der Waals surface area contributed by atoms with Gasteiger partial charge >= 0.3 is 0 Å². The average molecular weight is 171 g/mol. The first-order valence-corrected chi connectivity index (χ1v) is 2.29. The van der Waals surface area contributed by atoms with Crippen molar-refractivity contribution < 1.29 is 9.90 Å². The van der Waals surface area contributed by atoms with Gasteiger partial charge in [-0.2, -0.15) is 0 Å². The number of hydrogen-bond donors (Lipinski definition) is 4. The van der Waals surface area contributed by atoms with E-state index in [9.17, 15) is 4.79 Å². The fraction of sp³-hybridized carbons (Fsp3) is 0.667. The fourth-order valence-electron chi connectivity index (χ4n) is 0.270. The Balaban J connectivity index is 0. The van der Waals surface area contributed by atoms with E-state index in [0.717, 1.165) is 0 Å². The van der Waals surface area contributed by atoms with Gasteiger partial charge in [-0.3, -0.25) is 4.79 Å². The summed E-state index contributed by atoms with van der Waals surface area (Å²) in [6.45, 7) is -0.455. The molecule has 0 radical (unpaired) electrons. The number of hydrogen-bond acceptors (Lipinski definition) is 5. The number of rotatable bonds is 2. The normalized spacial score (nSPS) is 11.6. The monoisotopic (exact) mass is 170 g/mol. The van der Waals surface area contributed by atoms with E-state index in [2.05, 4.69) is 0 Å². The molecule has 6 nitrogen and oxygen atoms in total. The minimum Gasteiger partial charge on any atom is -0.394 e. The molecule has 0 aliphatic carbocycles. The standard InChI is InChI=1S/C3H10N4O2.ClH/c4-2(1-8)3(9)7(5)6;/h2,8H,1,4-6H2;1H/t2-;/m0./s1. The molecule has 0 aromatic carbocycles. The van der Waals surface area contributed by atoms with Crippen LogP contribution in [-0.2, 0) is 4.79 Å². The number of nitrogens with zero attached hydrogens (tertiary/aromatic N) is 1. The Bertz CT molecular complexity index is 109. The first-order valence-electron chi connectivity index (χ1n) is 2.29. The lowest BCUT2D eigenvalue weighted by Gasteiger charge is -2.12. The fourth-order valence-corrected chi connectivity index (χ4v) is 0.270. The summed E-state index contributed by atoms with van der Waals surface area (Å²) in [6, 6.07) is -1.01. The molecule has 7 N–H and O–H groups in total. The third-order valence-electron chi connectivity index (χ3n) is 0.768. The maximum atomic E-state index is 10.5. The number of carbonyl (C=O) groups excluding carboxylic acids is 1. The summed E-state index contributed by atoms with van der Waals surface area (Å²) in [7, 11) is 0. The number of aliphatic hydroxyl groups is 1. The highest BCUT2D eigenvalue weighted by atomic mass is 35.5. The summed E-state index contributed by atoms with van der Waals surface area (Å²) in [5, 5.41) is 8.62. The van der Waals surface area contributed by atoms with Crippen LogP contribution < -0.4 is 17.4 Å². The minimum absolute atomic E-state index is 0. The highest BCUT2D eigenvalue weighted by Gasteiger charge is 2.14. The molecule has 0 saturated heterocycles. The van der Waals surface area contributed by atoms with Gasteiger partial charge < -0.3 is 10.8 Å². The van der Waals surface area contributed by atoms with Crippen LogP contribution >= 0.6 is 12.4 Å². The Kier molecular flexibility index (Phi) is 6.63. The van der Waals surface area contributed by atoms with Crippen LogP contribution in [0.15, 0.2) is 0 Å². The van der Waals surface area contributed by atoms with Crippen molar-refractivity contribution in [1.82, 2.24) is 5.12 Å². The largest absolute Gasteiger partial charge is 0.394 e. The van der Waals surface area contributed by atoms with E-state index in [1.54, 1.807) is 0 Å². The van der Waals surface area contributed by atoms with Gasteiger partial charge in [0.05, 0.1) is 6.61 Å². The van der Waals surface area contributed by atoms with Gasteiger partial charge in [0.1, 0.15) is 6.04 Å². The van der Waals surface area contributed by atoms with Crippen molar-refractivity contribution in [3.05, 3.63) is 0 Å². The number of aliphatic hydroxyl groups excluding tert-OH is 1. The van der Waals surface area contributed by atoms with Crippen molar-refractivity contribution in [2.45, 2.75) is 6.04 Å². The molecular weight excluding hydrogens is 160 g/mol. The van der Waals surface area contributed by atoms with E-state index in [4.69, 9.17) is 22.5 Å². The maximum absolute atomic E-state index is 10.5. The van der Waals surface area contributed by atoms with Crippen molar-refractivity contribution in [2.24, 2.45) is 17.4 Å². The summed E-state index contributed by atoms with van der Waals surface area (Å²) < 4.78 is 0. The molecular formula is C3H11ClN4O2. The van der Waals surface area contributed by atoms with Crippen LogP contribution in [0.25, 0.3) is 0 Å². The van der Waals surface area contributed by atoms with E-state index in [-0.39, 0.29) is 12.4 Å². The lowest BCUT2D eigenvalue weighted by molar-refractivity contribution is -0.134. The smallest absolute Gasteiger partial charge is 0.270 e. The number of carbonyl (C=O) groups is 1. The molecule has 1 amide bonds. The van der Waals surface area contributed by atoms with Crippen LogP contribution in [0.5, 0.6) is 0 Å². The molecule has 0 rings (SSSR count). The zero-order chi connectivity index (χ0) is 7.44. The Morgan fingerprint density at radius 1 is 1.60 bits per heavy atom. The Morgan fingerprint density at radius 3 is 2.10 bits per heavy atom. The molecule has 0 fully saturated rings. The molecule has 0 bridgehead atoms. The predicted octanol–water partition coefficient (Wildman–Crippen LogP) is -2.70. The molecule has 0 aromatic rings. The molecule has 0 spiro atoms. The topological polar surface area (TPSA) is 119 Å². The SMILES string of the molecule is Cl.N[C@@H](CO)C(=O)N(N)N. The van der Waals surface area contributed by atoms with E-state index in [0.29, 0.717) is 5.12 Å². The zero-order valence-corrected chi connectivity index (χ0v) is 6.04.